The van der Waals surface area contributed by atoms with Gasteiger partial charge in [0.15, 0.2) is 16.7 Å². The molecule has 0 bridgehead atoms. The lowest BCUT2D eigenvalue weighted by Gasteiger charge is -2.10. The van der Waals surface area contributed by atoms with E-state index in [1.54, 1.807) is 49.4 Å². The van der Waals surface area contributed by atoms with Gasteiger partial charge in [-0.25, -0.2) is 9.79 Å². The van der Waals surface area contributed by atoms with Gasteiger partial charge in [0.25, 0.3) is 5.91 Å². The number of hydrogen-bond donors (Lipinski definition) is 1. The smallest absolute Gasteiger partial charge is 0.338 e. The van der Waals surface area contributed by atoms with Gasteiger partial charge in [0.2, 0.25) is 0 Å². The summed E-state index contributed by atoms with van der Waals surface area (Å²) in [6, 6.07) is 10.0. The highest BCUT2D eigenvalue weighted by Gasteiger charge is 2.24. The molecule has 1 fully saturated rings. The lowest BCUT2D eigenvalue weighted by atomic mass is 10.2. The summed E-state index contributed by atoms with van der Waals surface area (Å²) in [5, 5.41) is 3.53. The first-order chi connectivity index (χ1) is 14.4. The third-order valence-electron chi connectivity index (χ3n) is 4.01. The van der Waals surface area contributed by atoms with Crippen LogP contribution in [0, 0.1) is 0 Å². The molecule has 1 aliphatic heterocycles. The molecule has 0 atom stereocenters. The Balaban J connectivity index is 1.79. The first-order valence-electron chi connectivity index (χ1n) is 8.93. The Morgan fingerprint density at radius 2 is 1.93 bits per heavy atom. The molecule has 1 heterocycles. The Bertz CT molecular complexity index is 1030. The number of amidine groups is 1. The molecule has 2 aromatic carbocycles. The quantitative estimate of drug-likeness (QED) is 0.522. The van der Waals surface area contributed by atoms with Crippen molar-refractivity contribution in [3.8, 4) is 11.5 Å². The van der Waals surface area contributed by atoms with Gasteiger partial charge >= 0.3 is 5.97 Å². The number of hydrogen-bond acceptors (Lipinski definition) is 7. The second kappa shape index (κ2) is 9.69. The van der Waals surface area contributed by atoms with Gasteiger partial charge in [-0.1, -0.05) is 11.6 Å². The molecule has 0 unspecified atom stereocenters. The Kier molecular flexibility index (Phi) is 7.02. The monoisotopic (exact) mass is 446 g/mol. The van der Waals surface area contributed by atoms with E-state index in [1.165, 1.54) is 26.0 Å². The van der Waals surface area contributed by atoms with E-state index in [9.17, 15) is 9.59 Å². The van der Waals surface area contributed by atoms with Crippen LogP contribution in [0.4, 0.5) is 5.69 Å². The third kappa shape index (κ3) is 4.95. The number of ether oxygens (including phenoxy) is 3. The van der Waals surface area contributed by atoms with E-state index < -0.39 is 0 Å². The summed E-state index contributed by atoms with van der Waals surface area (Å²) >= 11 is 7.43. The maximum Gasteiger partial charge on any atom is 0.338 e. The number of thioether (sulfide) groups is 1. The minimum Gasteiger partial charge on any atom is -0.493 e. The summed E-state index contributed by atoms with van der Waals surface area (Å²) < 4.78 is 15.5. The molecular formula is C21H19ClN2O5S. The second-order valence-electron chi connectivity index (χ2n) is 5.99. The van der Waals surface area contributed by atoms with Gasteiger partial charge in [0.05, 0.1) is 42.0 Å². The number of methoxy groups -OCH3 is 2. The van der Waals surface area contributed by atoms with Gasteiger partial charge in [-0.2, -0.15) is 0 Å². The van der Waals surface area contributed by atoms with Crippen molar-refractivity contribution in [3.05, 3.63) is 57.5 Å². The summed E-state index contributed by atoms with van der Waals surface area (Å²) in [7, 11) is 3.02. The molecule has 3 rings (SSSR count). The largest absolute Gasteiger partial charge is 0.493 e. The van der Waals surface area contributed by atoms with Crippen LogP contribution in [0.5, 0.6) is 11.5 Å². The van der Waals surface area contributed by atoms with E-state index in [1.807, 2.05) is 0 Å². The Morgan fingerprint density at radius 1 is 1.20 bits per heavy atom. The van der Waals surface area contributed by atoms with E-state index >= 15 is 0 Å². The van der Waals surface area contributed by atoms with Gasteiger partial charge in [-0.15, -0.1) is 0 Å². The molecule has 0 aliphatic carbocycles. The first-order valence-corrected chi connectivity index (χ1v) is 10.1. The van der Waals surface area contributed by atoms with Crippen LogP contribution >= 0.6 is 23.4 Å². The van der Waals surface area contributed by atoms with Crippen molar-refractivity contribution in [3.63, 3.8) is 0 Å². The standard InChI is InChI=1S/C21H19ClN2O5S/c1-4-29-20(26)13-5-7-14(8-6-13)23-21-24-19(25)17(30-21)11-12-9-15(22)18(28-3)16(10-12)27-2/h5-11H,4H2,1-3H3,(H,23,24,25). The summed E-state index contributed by atoms with van der Waals surface area (Å²) in [6.45, 7) is 2.06. The zero-order chi connectivity index (χ0) is 21.7. The van der Waals surface area contributed by atoms with Gasteiger partial charge in [0.1, 0.15) is 0 Å². The van der Waals surface area contributed by atoms with E-state index in [-0.39, 0.29) is 11.9 Å². The van der Waals surface area contributed by atoms with Crippen LogP contribution in [0.1, 0.15) is 22.8 Å². The van der Waals surface area contributed by atoms with E-state index in [4.69, 9.17) is 25.8 Å². The Labute approximate surface area is 183 Å². The molecular weight excluding hydrogens is 428 g/mol. The fourth-order valence-corrected chi connectivity index (χ4v) is 3.79. The highest BCUT2D eigenvalue weighted by Crippen LogP contribution is 2.37. The van der Waals surface area contributed by atoms with Crippen LogP contribution in [-0.2, 0) is 9.53 Å². The molecule has 30 heavy (non-hydrogen) atoms. The van der Waals surface area contributed by atoms with E-state index in [2.05, 4.69) is 10.3 Å². The number of benzene rings is 2. The summed E-state index contributed by atoms with van der Waals surface area (Å²) in [5.74, 6) is 0.237. The molecule has 156 valence electrons. The van der Waals surface area contributed by atoms with Crippen LogP contribution in [-0.4, -0.2) is 37.9 Å². The fraction of sp³-hybridized carbons (Fsp3) is 0.190. The number of halogens is 1. The van der Waals surface area contributed by atoms with Crippen molar-refractivity contribution in [2.24, 2.45) is 4.99 Å². The molecule has 1 saturated heterocycles. The predicted octanol–water partition coefficient (Wildman–Crippen LogP) is 4.43. The number of nitrogens with zero attached hydrogens (tertiary/aromatic N) is 1. The van der Waals surface area contributed by atoms with Gasteiger partial charge in [0, 0.05) is 0 Å². The molecule has 2 aromatic rings. The molecule has 0 saturated carbocycles. The van der Waals surface area contributed by atoms with Crippen molar-refractivity contribution in [2.45, 2.75) is 6.92 Å². The lowest BCUT2D eigenvalue weighted by molar-refractivity contribution is -0.115. The lowest BCUT2D eigenvalue weighted by Crippen LogP contribution is -2.19. The average Bonchev–Trinajstić information content (AvgIpc) is 3.06. The van der Waals surface area contributed by atoms with Crippen LogP contribution in [0.3, 0.4) is 0 Å². The molecule has 0 aromatic heterocycles. The predicted molar refractivity (Wildman–Crippen MR) is 118 cm³/mol. The van der Waals surface area contributed by atoms with E-state index in [0.717, 1.165) is 0 Å². The third-order valence-corrected chi connectivity index (χ3v) is 5.20. The summed E-state index contributed by atoms with van der Waals surface area (Å²) in [4.78, 5) is 28.9. The van der Waals surface area contributed by atoms with Crippen LogP contribution in [0.25, 0.3) is 6.08 Å². The molecule has 7 nitrogen and oxygen atoms in total. The zero-order valence-corrected chi connectivity index (χ0v) is 18.1. The SMILES string of the molecule is CCOC(=O)c1ccc(N=C2NC(=O)C(=Cc3cc(Cl)c(OC)c(OC)c3)S2)cc1. The van der Waals surface area contributed by atoms with Crippen molar-refractivity contribution >= 4 is 52.2 Å². The van der Waals surface area contributed by atoms with Gasteiger partial charge in [-0.05, 0) is 66.7 Å². The number of rotatable bonds is 6. The number of nitrogens with one attached hydrogen (secondary N) is 1. The number of carbonyl (C=O) groups is 2. The molecule has 0 spiro atoms. The number of aliphatic imine (C=N–C) groups is 1. The maximum atomic E-state index is 12.3. The van der Waals surface area contributed by atoms with Crippen LogP contribution < -0.4 is 14.8 Å². The number of amides is 1. The minimum absolute atomic E-state index is 0.271. The van der Waals surface area contributed by atoms with Crippen molar-refractivity contribution in [2.75, 3.05) is 20.8 Å². The topological polar surface area (TPSA) is 86.2 Å². The first kappa shape index (κ1) is 21.7. The average molecular weight is 447 g/mol. The minimum atomic E-state index is -0.390. The second-order valence-corrected chi connectivity index (χ2v) is 7.43. The Hall–Kier alpha value is -2.97. The van der Waals surface area contributed by atoms with Crippen LogP contribution in [0.15, 0.2) is 46.3 Å². The zero-order valence-electron chi connectivity index (χ0n) is 16.5. The highest BCUT2D eigenvalue weighted by molar-refractivity contribution is 8.18. The molecule has 1 N–H and O–H groups in total. The summed E-state index contributed by atoms with van der Waals surface area (Å²) in [6.07, 6.45) is 1.69. The van der Waals surface area contributed by atoms with Gasteiger partial charge < -0.3 is 19.5 Å². The summed E-state index contributed by atoms with van der Waals surface area (Å²) in [5.41, 5.74) is 1.73. The van der Waals surface area contributed by atoms with Crippen molar-refractivity contribution < 1.29 is 23.8 Å². The number of esters is 1. The Morgan fingerprint density at radius 3 is 2.57 bits per heavy atom. The molecule has 9 heteroatoms. The normalized spacial score (nSPS) is 15.9. The maximum absolute atomic E-state index is 12.3. The molecule has 0 radical (unpaired) electrons. The highest BCUT2D eigenvalue weighted by atomic mass is 35.5. The molecule has 1 amide bonds. The van der Waals surface area contributed by atoms with E-state index in [0.29, 0.717) is 50.0 Å². The van der Waals surface area contributed by atoms with Gasteiger partial charge in [-0.3, -0.25) is 4.79 Å². The van der Waals surface area contributed by atoms with Crippen LogP contribution in [0.2, 0.25) is 5.02 Å². The van der Waals surface area contributed by atoms with Crippen molar-refractivity contribution in [1.82, 2.24) is 5.32 Å². The fourth-order valence-electron chi connectivity index (χ4n) is 2.66. The number of carbonyl (C=O) groups excluding carboxylic acids is 2. The van der Waals surface area contributed by atoms with Crippen molar-refractivity contribution in [1.29, 1.82) is 0 Å². The molecule has 1 aliphatic rings.